The summed E-state index contributed by atoms with van der Waals surface area (Å²) in [7, 11) is 2.17. The molecule has 2 atom stereocenters. The average molecular weight is 328 g/mol. The molecule has 2 heteroatoms. The standard InChI is InChI=1S/C23H24N2/c1-25-22-13-20-18-10-14-7-15(11-18)9-17(8-14)19(20)12-21(22)24-23(25)16-5-3-2-4-6-16/h2-6,12-15,17-18H,7-11H2,1H3. The molecule has 4 aliphatic carbocycles. The van der Waals surface area contributed by atoms with Crippen LogP contribution in [0, 0.1) is 11.8 Å². The molecule has 0 N–H and O–H groups in total. The zero-order chi connectivity index (χ0) is 16.5. The number of nitrogens with zero attached hydrogens (tertiary/aromatic N) is 2. The van der Waals surface area contributed by atoms with Gasteiger partial charge in [-0.2, -0.15) is 0 Å². The Kier molecular flexibility index (Phi) is 2.81. The predicted octanol–water partition coefficient (Wildman–Crippen LogP) is 5.63. The van der Waals surface area contributed by atoms with E-state index in [9.17, 15) is 0 Å². The van der Waals surface area contributed by atoms with Crippen LogP contribution in [0.1, 0.15) is 55.1 Å². The average Bonchev–Trinajstić information content (AvgIpc) is 2.87. The van der Waals surface area contributed by atoms with E-state index in [1.54, 1.807) is 11.1 Å². The van der Waals surface area contributed by atoms with Crippen molar-refractivity contribution in [2.45, 2.75) is 43.9 Å². The minimum absolute atomic E-state index is 0.790. The van der Waals surface area contributed by atoms with Gasteiger partial charge in [-0.25, -0.2) is 4.98 Å². The normalized spacial score (nSPS) is 29.8. The zero-order valence-electron chi connectivity index (χ0n) is 14.8. The number of benzene rings is 2. The van der Waals surface area contributed by atoms with Crippen LogP contribution >= 0.6 is 0 Å². The molecule has 0 aliphatic heterocycles. The fourth-order valence-electron chi connectivity index (χ4n) is 6.18. The number of hydrogen-bond donors (Lipinski definition) is 0. The molecule has 0 radical (unpaired) electrons. The van der Waals surface area contributed by atoms with E-state index in [1.165, 1.54) is 48.7 Å². The lowest BCUT2D eigenvalue weighted by Gasteiger charge is -2.38. The molecule has 2 unspecified atom stereocenters. The summed E-state index contributed by atoms with van der Waals surface area (Å²) in [6.07, 6.45) is 7.19. The molecule has 3 aromatic rings. The van der Waals surface area contributed by atoms with Crippen molar-refractivity contribution in [3.8, 4) is 11.4 Å². The molecule has 2 fully saturated rings. The highest BCUT2D eigenvalue weighted by Crippen LogP contribution is 2.56. The van der Waals surface area contributed by atoms with Gasteiger partial charge in [-0.15, -0.1) is 0 Å². The SMILES string of the molecule is Cn1c(-c2ccccc2)nc2cc3c(cc21)C1CC2CC(CC3C2)C1. The molecule has 7 rings (SSSR count). The van der Waals surface area contributed by atoms with Crippen LogP contribution in [0.15, 0.2) is 42.5 Å². The summed E-state index contributed by atoms with van der Waals surface area (Å²) >= 11 is 0. The molecule has 2 saturated carbocycles. The van der Waals surface area contributed by atoms with E-state index in [1.807, 2.05) is 0 Å². The molecule has 0 spiro atoms. The monoisotopic (exact) mass is 328 g/mol. The summed E-state index contributed by atoms with van der Waals surface area (Å²) in [6, 6.07) is 15.5. The van der Waals surface area contributed by atoms with Crippen molar-refractivity contribution in [1.29, 1.82) is 0 Å². The highest BCUT2D eigenvalue weighted by molar-refractivity contribution is 5.82. The number of fused-ring (bicyclic) bond motifs is 1. The van der Waals surface area contributed by atoms with Crippen LogP contribution in [0.25, 0.3) is 22.4 Å². The molecule has 1 aromatic heterocycles. The maximum absolute atomic E-state index is 5.03. The maximum atomic E-state index is 5.03. The van der Waals surface area contributed by atoms with Crippen LogP contribution in [-0.4, -0.2) is 9.55 Å². The lowest BCUT2D eigenvalue weighted by Crippen LogP contribution is -2.25. The second-order valence-corrected chi connectivity index (χ2v) is 8.63. The Hall–Kier alpha value is -2.09. The Labute approximate surface area is 148 Å². The van der Waals surface area contributed by atoms with Gasteiger partial charge in [-0.3, -0.25) is 0 Å². The van der Waals surface area contributed by atoms with Crippen molar-refractivity contribution in [3.05, 3.63) is 53.6 Å². The second kappa shape index (κ2) is 4.97. The van der Waals surface area contributed by atoms with E-state index in [0.717, 1.165) is 29.5 Å². The van der Waals surface area contributed by atoms with Gasteiger partial charge in [0.2, 0.25) is 0 Å². The molecule has 0 amide bonds. The fourth-order valence-corrected chi connectivity index (χ4v) is 6.18. The predicted molar refractivity (Wildman–Crippen MR) is 102 cm³/mol. The first-order valence-electron chi connectivity index (χ1n) is 9.82. The highest BCUT2D eigenvalue weighted by Gasteiger charge is 2.42. The Morgan fingerprint density at radius 1 is 0.840 bits per heavy atom. The third-order valence-electron chi connectivity index (χ3n) is 7.14. The number of rotatable bonds is 1. The van der Waals surface area contributed by atoms with E-state index < -0.39 is 0 Å². The number of aromatic nitrogens is 2. The third-order valence-corrected chi connectivity index (χ3v) is 7.14. The third kappa shape index (κ3) is 2.00. The van der Waals surface area contributed by atoms with Gasteiger partial charge >= 0.3 is 0 Å². The molecule has 126 valence electrons. The largest absolute Gasteiger partial charge is 0.327 e. The maximum Gasteiger partial charge on any atom is 0.140 e. The lowest BCUT2D eigenvalue weighted by molar-refractivity contribution is 0.166. The van der Waals surface area contributed by atoms with Crippen molar-refractivity contribution in [2.24, 2.45) is 18.9 Å². The second-order valence-electron chi connectivity index (χ2n) is 8.63. The molecule has 4 bridgehead atoms. The van der Waals surface area contributed by atoms with Gasteiger partial charge in [0, 0.05) is 12.6 Å². The minimum Gasteiger partial charge on any atom is -0.327 e. The zero-order valence-corrected chi connectivity index (χ0v) is 14.8. The van der Waals surface area contributed by atoms with Gasteiger partial charge in [0.1, 0.15) is 5.82 Å². The Morgan fingerprint density at radius 3 is 2.16 bits per heavy atom. The highest BCUT2D eigenvalue weighted by atomic mass is 15.1. The summed E-state index contributed by atoms with van der Waals surface area (Å²) < 4.78 is 2.29. The van der Waals surface area contributed by atoms with Crippen LogP contribution in [0.4, 0.5) is 0 Å². The molecule has 2 nitrogen and oxygen atoms in total. The molecule has 25 heavy (non-hydrogen) atoms. The van der Waals surface area contributed by atoms with Gasteiger partial charge in [-0.05, 0) is 79.0 Å². The van der Waals surface area contributed by atoms with Crippen LogP contribution in [0.5, 0.6) is 0 Å². The quantitative estimate of drug-likeness (QED) is 0.566. The first-order chi connectivity index (χ1) is 12.3. The summed E-state index contributed by atoms with van der Waals surface area (Å²) in [5, 5.41) is 0. The Balaban J connectivity index is 1.57. The van der Waals surface area contributed by atoms with Crippen molar-refractivity contribution < 1.29 is 0 Å². The summed E-state index contributed by atoms with van der Waals surface area (Å²) in [6.45, 7) is 0. The molecule has 1 heterocycles. The number of hydrogen-bond acceptors (Lipinski definition) is 1. The van der Waals surface area contributed by atoms with E-state index in [0.29, 0.717) is 0 Å². The summed E-state index contributed by atoms with van der Waals surface area (Å²) in [4.78, 5) is 5.03. The van der Waals surface area contributed by atoms with Crippen LogP contribution < -0.4 is 0 Å². The van der Waals surface area contributed by atoms with Crippen molar-refractivity contribution in [1.82, 2.24) is 9.55 Å². The summed E-state index contributed by atoms with van der Waals surface area (Å²) in [5.74, 6) is 4.63. The molecular weight excluding hydrogens is 304 g/mol. The van der Waals surface area contributed by atoms with Crippen molar-refractivity contribution >= 4 is 11.0 Å². The van der Waals surface area contributed by atoms with Gasteiger partial charge in [0.05, 0.1) is 11.0 Å². The van der Waals surface area contributed by atoms with Gasteiger partial charge in [0.15, 0.2) is 0 Å². The smallest absolute Gasteiger partial charge is 0.140 e. The minimum atomic E-state index is 0.790. The Morgan fingerprint density at radius 2 is 1.48 bits per heavy atom. The molecule has 4 aliphatic rings. The fraction of sp³-hybridized carbons (Fsp3) is 0.435. The van der Waals surface area contributed by atoms with E-state index in [-0.39, 0.29) is 0 Å². The number of aryl methyl sites for hydroxylation is 1. The van der Waals surface area contributed by atoms with Crippen molar-refractivity contribution in [3.63, 3.8) is 0 Å². The first kappa shape index (κ1) is 14.1. The first-order valence-corrected chi connectivity index (χ1v) is 9.82. The number of imidazole rings is 1. The van der Waals surface area contributed by atoms with E-state index in [4.69, 9.17) is 4.98 Å². The van der Waals surface area contributed by atoms with Crippen LogP contribution in [0.2, 0.25) is 0 Å². The van der Waals surface area contributed by atoms with Gasteiger partial charge < -0.3 is 4.57 Å². The van der Waals surface area contributed by atoms with E-state index >= 15 is 0 Å². The topological polar surface area (TPSA) is 17.8 Å². The van der Waals surface area contributed by atoms with Crippen molar-refractivity contribution in [2.75, 3.05) is 0 Å². The molecule has 2 aromatic carbocycles. The molecular formula is C23H24N2. The van der Waals surface area contributed by atoms with Gasteiger partial charge in [0.25, 0.3) is 0 Å². The lowest BCUT2D eigenvalue weighted by atomic mass is 9.67. The Bertz CT molecular complexity index is 955. The van der Waals surface area contributed by atoms with Crippen LogP contribution in [0.3, 0.4) is 0 Å². The van der Waals surface area contributed by atoms with Crippen LogP contribution in [-0.2, 0) is 7.05 Å². The molecule has 0 saturated heterocycles. The van der Waals surface area contributed by atoms with E-state index in [2.05, 4.69) is 54.1 Å². The van der Waals surface area contributed by atoms with Gasteiger partial charge in [-0.1, -0.05) is 30.3 Å². The summed E-state index contributed by atoms with van der Waals surface area (Å²) in [5.41, 5.74) is 6.99.